The Morgan fingerprint density at radius 2 is 1.24 bits per heavy atom. The van der Waals surface area contributed by atoms with Gasteiger partial charge in [-0.15, -0.1) is 0 Å². The number of carboxylic acid groups (broad SMARTS) is 1. The first-order valence-electron chi connectivity index (χ1n) is 11.9. The summed E-state index contributed by atoms with van der Waals surface area (Å²) in [4.78, 5) is 22.9. The molecule has 0 fully saturated rings. The fourth-order valence-electron chi connectivity index (χ4n) is 3.45. The van der Waals surface area contributed by atoms with E-state index in [0.29, 0.717) is 17.3 Å². The lowest BCUT2D eigenvalue weighted by atomic mass is 10.0. The van der Waals surface area contributed by atoms with Gasteiger partial charge in [0.2, 0.25) is 0 Å². The second-order valence-electron chi connectivity index (χ2n) is 9.48. The molecule has 0 aliphatic rings. The van der Waals surface area contributed by atoms with Crippen LogP contribution in [0.15, 0.2) is 0 Å². The summed E-state index contributed by atoms with van der Waals surface area (Å²) < 4.78 is 6.10. The van der Waals surface area contributed by atoms with Gasteiger partial charge >= 0.3 is 5.97 Å². The molecule has 0 aliphatic heterocycles. The number of hydrogen-bond donors (Lipinski definition) is 0. The van der Waals surface area contributed by atoms with E-state index in [2.05, 4.69) is 6.92 Å². The maximum atomic E-state index is 12.0. The van der Waals surface area contributed by atoms with Crippen LogP contribution in [0.25, 0.3) is 0 Å². The summed E-state index contributed by atoms with van der Waals surface area (Å²) in [6, 6.07) is 0. The average molecular weight is 414 g/mol. The zero-order chi connectivity index (χ0) is 22.0. The average Bonchev–Trinajstić information content (AvgIpc) is 2.62. The summed E-state index contributed by atoms with van der Waals surface area (Å²) >= 11 is 0. The molecule has 0 saturated heterocycles. The van der Waals surface area contributed by atoms with E-state index in [4.69, 9.17) is 4.74 Å². The van der Waals surface area contributed by atoms with Crippen molar-refractivity contribution in [1.82, 2.24) is 0 Å². The molecule has 0 radical (unpaired) electrons. The minimum atomic E-state index is -1.16. The highest BCUT2D eigenvalue weighted by atomic mass is 16.5. The Morgan fingerprint density at radius 1 is 0.793 bits per heavy atom. The fourth-order valence-corrected chi connectivity index (χ4v) is 3.45. The molecule has 0 unspecified atom stereocenters. The highest BCUT2D eigenvalue weighted by Crippen LogP contribution is 2.14. The maximum Gasteiger partial charge on any atom is 0.306 e. The number of unbranched alkanes of at least 4 members (excludes halogenated alkanes) is 12. The first kappa shape index (κ1) is 27.9. The van der Waals surface area contributed by atoms with Gasteiger partial charge in [0, 0.05) is 25.2 Å². The summed E-state index contributed by atoms with van der Waals surface area (Å²) in [6.45, 7) is 3.01. The Balaban J connectivity index is 3.66. The predicted octanol–water partition coefficient (Wildman–Crippen LogP) is 4.62. The molecule has 5 heteroatoms. The molecule has 29 heavy (non-hydrogen) atoms. The number of hydrogen-bond acceptors (Lipinski definition) is 4. The van der Waals surface area contributed by atoms with Gasteiger partial charge in [-0.1, -0.05) is 84.0 Å². The van der Waals surface area contributed by atoms with Crippen molar-refractivity contribution in [3.05, 3.63) is 0 Å². The number of carbonyl (C=O) groups excluding carboxylic acids is 2. The Bertz CT molecular complexity index is 418. The lowest BCUT2D eigenvalue weighted by Crippen LogP contribution is -2.39. The van der Waals surface area contributed by atoms with Crippen molar-refractivity contribution >= 4 is 11.9 Å². The minimum absolute atomic E-state index is 0.218. The molecule has 0 aliphatic carbocycles. The SMILES string of the molecule is CCCCCCCCCCCCCCCC(=O)O[C@@H](CC[N+](C)(C)C)CC(=O)[O-]. The van der Waals surface area contributed by atoms with E-state index in [1.54, 1.807) is 0 Å². The van der Waals surface area contributed by atoms with Crippen LogP contribution in [0.2, 0.25) is 0 Å². The van der Waals surface area contributed by atoms with Crippen molar-refractivity contribution in [2.75, 3.05) is 27.7 Å². The van der Waals surface area contributed by atoms with E-state index >= 15 is 0 Å². The van der Waals surface area contributed by atoms with Crippen LogP contribution in [0.3, 0.4) is 0 Å². The summed E-state index contributed by atoms with van der Waals surface area (Å²) in [5.41, 5.74) is 0. The second kappa shape index (κ2) is 17.7. The van der Waals surface area contributed by atoms with E-state index in [1.165, 1.54) is 64.2 Å². The van der Waals surface area contributed by atoms with Crippen LogP contribution >= 0.6 is 0 Å². The lowest BCUT2D eigenvalue weighted by Gasteiger charge is -2.27. The Kier molecular flexibility index (Phi) is 17.1. The van der Waals surface area contributed by atoms with Gasteiger partial charge in [-0.2, -0.15) is 0 Å². The van der Waals surface area contributed by atoms with Crippen molar-refractivity contribution in [3.8, 4) is 0 Å². The quantitative estimate of drug-likeness (QED) is 0.166. The number of aliphatic carboxylic acids is 1. The van der Waals surface area contributed by atoms with Gasteiger partial charge in [0.1, 0.15) is 6.10 Å². The monoisotopic (exact) mass is 413 g/mol. The summed E-state index contributed by atoms with van der Waals surface area (Å²) in [5, 5.41) is 10.9. The maximum absolute atomic E-state index is 12.0. The molecule has 0 saturated carbocycles. The molecule has 0 aromatic rings. The van der Waals surface area contributed by atoms with Crippen LogP contribution in [0, 0.1) is 0 Å². The summed E-state index contributed by atoms with van der Waals surface area (Å²) in [7, 11) is 6.10. The number of ether oxygens (including phenoxy) is 1. The van der Waals surface area contributed by atoms with Gasteiger partial charge in [0.25, 0.3) is 0 Å². The Hall–Kier alpha value is -1.10. The molecule has 0 heterocycles. The van der Waals surface area contributed by atoms with E-state index in [0.717, 1.165) is 25.8 Å². The second-order valence-corrected chi connectivity index (χ2v) is 9.48. The smallest absolute Gasteiger partial charge is 0.306 e. The standard InChI is InChI=1S/C24H47NO4/c1-5-6-7-8-9-10-11-12-13-14-15-16-17-18-24(28)29-22(21-23(26)27)19-20-25(2,3)4/h22H,5-21H2,1-4H3/t22-/m0/s1. The summed E-state index contributed by atoms with van der Waals surface area (Å²) in [6.07, 6.45) is 16.6. The molecule has 1 atom stereocenters. The van der Waals surface area contributed by atoms with Gasteiger partial charge in [-0.25, -0.2) is 0 Å². The number of carbonyl (C=O) groups is 2. The fraction of sp³-hybridized carbons (Fsp3) is 0.917. The molecular weight excluding hydrogens is 366 g/mol. The molecule has 0 aromatic heterocycles. The zero-order valence-electron chi connectivity index (χ0n) is 19.7. The molecule has 0 N–H and O–H groups in total. The number of carboxylic acids is 1. The first-order valence-corrected chi connectivity index (χ1v) is 11.9. The molecule has 0 bridgehead atoms. The van der Waals surface area contributed by atoms with Crippen molar-refractivity contribution in [2.24, 2.45) is 0 Å². The number of rotatable bonds is 20. The van der Waals surface area contributed by atoms with Crippen LogP contribution in [0.5, 0.6) is 0 Å². The van der Waals surface area contributed by atoms with Crippen LogP contribution < -0.4 is 5.11 Å². The third-order valence-electron chi connectivity index (χ3n) is 5.30. The first-order chi connectivity index (χ1) is 13.7. The largest absolute Gasteiger partial charge is 0.550 e. The molecule has 0 rings (SSSR count). The topological polar surface area (TPSA) is 66.4 Å². The normalized spacial score (nSPS) is 12.7. The van der Waals surface area contributed by atoms with E-state index in [9.17, 15) is 14.7 Å². The van der Waals surface area contributed by atoms with Gasteiger partial charge in [0.15, 0.2) is 0 Å². The summed E-state index contributed by atoms with van der Waals surface area (Å²) in [5.74, 6) is -1.44. The van der Waals surface area contributed by atoms with Gasteiger partial charge in [-0.3, -0.25) is 4.79 Å². The number of nitrogens with zero attached hydrogens (tertiary/aromatic N) is 1. The van der Waals surface area contributed by atoms with E-state index in [1.807, 2.05) is 21.1 Å². The van der Waals surface area contributed by atoms with Crippen LogP contribution in [0.4, 0.5) is 0 Å². The zero-order valence-corrected chi connectivity index (χ0v) is 19.7. The number of esters is 1. The predicted molar refractivity (Wildman–Crippen MR) is 117 cm³/mol. The number of quaternary nitrogens is 1. The van der Waals surface area contributed by atoms with Crippen molar-refractivity contribution in [1.29, 1.82) is 0 Å². The van der Waals surface area contributed by atoms with Crippen molar-refractivity contribution < 1.29 is 23.9 Å². The third-order valence-corrected chi connectivity index (χ3v) is 5.30. The molecule has 172 valence electrons. The van der Waals surface area contributed by atoms with Crippen molar-refractivity contribution in [3.63, 3.8) is 0 Å². The van der Waals surface area contributed by atoms with Crippen molar-refractivity contribution in [2.45, 2.75) is 116 Å². The van der Waals surface area contributed by atoms with E-state index in [-0.39, 0.29) is 12.4 Å². The minimum Gasteiger partial charge on any atom is -0.550 e. The van der Waals surface area contributed by atoms with Crippen LogP contribution in [-0.4, -0.2) is 50.2 Å². The molecule has 0 amide bonds. The van der Waals surface area contributed by atoms with Crippen LogP contribution in [0.1, 0.15) is 110 Å². The lowest BCUT2D eigenvalue weighted by molar-refractivity contribution is -0.870. The van der Waals surface area contributed by atoms with Gasteiger partial charge in [-0.05, 0) is 6.42 Å². The molecular formula is C24H47NO4. The van der Waals surface area contributed by atoms with Gasteiger partial charge < -0.3 is 19.1 Å². The molecule has 5 nitrogen and oxygen atoms in total. The van der Waals surface area contributed by atoms with Gasteiger partial charge in [0.05, 0.1) is 27.7 Å². The highest BCUT2D eigenvalue weighted by molar-refractivity contribution is 5.70. The van der Waals surface area contributed by atoms with Crippen LogP contribution in [-0.2, 0) is 14.3 Å². The van der Waals surface area contributed by atoms with E-state index < -0.39 is 12.1 Å². The molecule has 0 spiro atoms. The Morgan fingerprint density at radius 3 is 1.66 bits per heavy atom. The third kappa shape index (κ3) is 21.4. The highest BCUT2D eigenvalue weighted by Gasteiger charge is 2.18. The Labute approximate surface area is 179 Å². The molecule has 0 aromatic carbocycles.